The van der Waals surface area contributed by atoms with Crippen molar-refractivity contribution in [1.82, 2.24) is 10.2 Å². The van der Waals surface area contributed by atoms with E-state index in [0.717, 1.165) is 22.8 Å². The van der Waals surface area contributed by atoms with Gasteiger partial charge in [-0.1, -0.05) is 19.9 Å². The molecule has 1 fully saturated rings. The van der Waals surface area contributed by atoms with Crippen LogP contribution in [0.3, 0.4) is 0 Å². The van der Waals surface area contributed by atoms with Gasteiger partial charge < -0.3 is 20.5 Å². The van der Waals surface area contributed by atoms with E-state index in [1.807, 2.05) is 18.2 Å². The van der Waals surface area contributed by atoms with Crippen LogP contribution in [0.15, 0.2) is 59.9 Å². The topological polar surface area (TPSA) is 106 Å². The normalized spacial score (nSPS) is 26.7. The van der Waals surface area contributed by atoms with Gasteiger partial charge in [0.1, 0.15) is 24.7 Å². The number of hydrogen-bond donors (Lipinski definition) is 3. The van der Waals surface area contributed by atoms with Crippen LogP contribution in [0, 0.1) is 27.7 Å². The Balaban J connectivity index is 1.21. The van der Waals surface area contributed by atoms with Crippen LogP contribution in [0.5, 0.6) is 0 Å². The fraction of sp³-hybridized carbons (Fsp3) is 0.367. The van der Waals surface area contributed by atoms with Gasteiger partial charge in [-0.3, -0.25) is 19.7 Å². The van der Waals surface area contributed by atoms with Crippen molar-refractivity contribution >= 4 is 23.4 Å². The minimum absolute atomic E-state index is 0.0960. The summed E-state index contributed by atoms with van der Waals surface area (Å²) in [4.78, 5) is 41.0. The molecule has 1 saturated heterocycles. The van der Waals surface area contributed by atoms with Gasteiger partial charge in [0.15, 0.2) is 0 Å². The third-order valence-corrected chi connectivity index (χ3v) is 8.64. The van der Waals surface area contributed by atoms with Crippen molar-refractivity contribution in [3.63, 3.8) is 0 Å². The van der Waals surface area contributed by atoms with Crippen molar-refractivity contribution in [2.45, 2.75) is 45.6 Å². The zero-order valence-corrected chi connectivity index (χ0v) is 22.3. The first-order valence-corrected chi connectivity index (χ1v) is 13.4. The average molecular weight is 549 g/mol. The van der Waals surface area contributed by atoms with Crippen LogP contribution >= 0.6 is 0 Å². The van der Waals surface area contributed by atoms with Crippen molar-refractivity contribution in [2.75, 3.05) is 18.4 Å². The molecule has 208 valence electrons. The highest BCUT2D eigenvalue weighted by Gasteiger charge is 2.54. The Morgan fingerprint density at radius 1 is 1.12 bits per heavy atom. The van der Waals surface area contributed by atoms with Crippen molar-refractivity contribution in [2.24, 2.45) is 10.8 Å². The van der Waals surface area contributed by atoms with Crippen LogP contribution in [0.25, 0.3) is 0 Å². The zero-order valence-electron chi connectivity index (χ0n) is 22.3. The monoisotopic (exact) mass is 548 g/mol. The van der Waals surface area contributed by atoms with Crippen molar-refractivity contribution in [3.05, 3.63) is 93.5 Å². The Labute approximate surface area is 230 Å². The molecule has 1 spiro atoms. The molecule has 8 nitrogen and oxygen atoms in total. The van der Waals surface area contributed by atoms with Gasteiger partial charge in [-0.05, 0) is 78.8 Å². The van der Waals surface area contributed by atoms with E-state index < -0.39 is 34.4 Å². The molecule has 3 amide bonds. The number of rotatable bonds is 4. The van der Waals surface area contributed by atoms with Gasteiger partial charge in [-0.25, -0.2) is 8.78 Å². The number of nitrogens with zero attached hydrogens (tertiary/aromatic N) is 1. The number of carbonyl (C=O) groups excluding carboxylic acids is 3. The molecule has 0 aromatic heterocycles. The second-order valence-corrected chi connectivity index (χ2v) is 11.8. The Morgan fingerprint density at radius 2 is 1.85 bits per heavy atom. The highest BCUT2D eigenvalue weighted by atomic mass is 19.1. The second kappa shape index (κ2) is 9.35. The molecule has 2 aromatic carbocycles. The van der Waals surface area contributed by atoms with Crippen LogP contribution < -0.4 is 15.7 Å². The highest BCUT2D eigenvalue weighted by molar-refractivity contribution is 5.96. The Bertz CT molecular complexity index is 1500. The number of amides is 3. The van der Waals surface area contributed by atoms with Gasteiger partial charge in [0.05, 0.1) is 11.5 Å². The lowest BCUT2D eigenvalue weighted by Crippen LogP contribution is -3.07. The fourth-order valence-electron chi connectivity index (χ4n) is 6.56. The van der Waals surface area contributed by atoms with Gasteiger partial charge >= 0.3 is 0 Å². The van der Waals surface area contributed by atoms with E-state index in [1.54, 1.807) is 26.0 Å². The van der Waals surface area contributed by atoms with Gasteiger partial charge in [0.2, 0.25) is 23.5 Å². The largest absolute Gasteiger partial charge is 0.628 e. The van der Waals surface area contributed by atoms with E-state index >= 15 is 0 Å². The Morgan fingerprint density at radius 3 is 2.60 bits per heavy atom. The van der Waals surface area contributed by atoms with Gasteiger partial charge in [-0.2, -0.15) is 0 Å². The molecule has 1 aliphatic carbocycles. The number of carbonyl (C=O) groups is 3. The number of benzene rings is 2. The molecular formula is C30H30F2N4O4. The van der Waals surface area contributed by atoms with E-state index in [2.05, 4.69) is 10.6 Å². The summed E-state index contributed by atoms with van der Waals surface area (Å²) < 4.78 is 28.0. The second-order valence-electron chi connectivity index (χ2n) is 11.8. The maximum Gasteiger partial charge on any atom is 0.244 e. The van der Waals surface area contributed by atoms with E-state index in [1.165, 1.54) is 17.0 Å². The molecule has 3 N–H and O–H groups in total. The first kappa shape index (κ1) is 26.3. The smallest absolute Gasteiger partial charge is 0.244 e. The number of halogens is 2. The lowest BCUT2D eigenvalue weighted by Gasteiger charge is -2.43. The van der Waals surface area contributed by atoms with Gasteiger partial charge in [0.25, 0.3) is 0 Å². The fourth-order valence-corrected chi connectivity index (χ4v) is 6.56. The number of hydrogen-bond acceptors (Lipinski definition) is 4. The first-order chi connectivity index (χ1) is 19.0. The lowest BCUT2D eigenvalue weighted by molar-refractivity contribution is -0.803. The van der Waals surface area contributed by atoms with E-state index in [9.17, 15) is 28.4 Å². The molecule has 40 heavy (non-hydrogen) atoms. The molecule has 2 aromatic rings. The minimum atomic E-state index is -0.841. The first-order valence-electron chi connectivity index (χ1n) is 13.4. The molecule has 0 saturated carbocycles. The molecule has 0 radical (unpaired) electrons. The van der Waals surface area contributed by atoms with Crippen LogP contribution in [0.2, 0.25) is 0 Å². The summed E-state index contributed by atoms with van der Waals surface area (Å²) in [5.74, 6) is -1.98. The third kappa shape index (κ3) is 4.31. The van der Waals surface area contributed by atoms with Crippen LogP contribution in [0.4, 0.5) is 14.5 Å². The standard InChI is InChI=1S/C30H30F2N4O4/c1-29(2)8-7-24(18-10-20(31)13-21(32)11-18)35(28(29)39)16-25(37)33-22-6-5-17-14-30(15-19(17)12-22)23-4-3-9-36(40)26(23)34-27(30)38/h3-6,10-13,24,36H,7-9,14-16H2,1-2H3,(H,33,37)(H,34,38)/t24-,30+/m0/s1. The molecular weight excluding hydrogens is 518 g/mol. The quantitative estimate of drug-likeness (QED) is 0.511. The summed E-state index contributed by atoms with van der Waals surface area (Å²) in [5, 5.41) is 17.9. The van der Waals surface area contributed by atoms with Crippen LogP contribution in [0.1, 0.15) is 49.4 Å². The summed E-state index contributed by atoms with van der Waals surface area (Å²) >= 11 is 0. The predicted molar refractivity (Wildman–Crippen MR) is 142 cm³/mol. The number of allylic oxidation sites excluding steroid dienone is 1. The number of quaternary nitrogens is 1. The summed E-state index contributed by atoms with van der Waals surface area (Å²) in [6.07, 6.45) is 5.49. The van der Waals surface area contributed by atoms with E-state index in [0.29, 0.717) is 42.8 Å². The zero-order chi connectivity index (χ0) is 28.4. The Hall–Kier alpha value is -3.89. The Kier molecular flexibility index (Phi) is 6.15. The van der Waals surface area contributed by atoms with E-state index in [-0.39, 0.29) is 30.0 Å². The van der Waals surface area contributed by atoms with Gasteiger partial charge in [-0.15, -0.1) is 0 Å². The lowest BCUT2D eigenvalue weighted by atomic mass is 9.78. The molecule has 6 rings (SSSR count). The minimum Gasteiger partial charge on any atom is -0.628 e. The predicted octanol–water partition coefficient (Wildman–Crippen LogP) is 2.67. The number of hydroxylamine groups is 2. The number of anilines is 1. The third-order valence-electron chi connectivity index (χ3n) is 8.64. The number of nitrogens with one attached hydrogen (secondary N) is 3. The average Bonchev–Trinajstić information content (AvgIpc) is 3.39. The number of fused-ring (bicyclic) bond motifs is 2. The van der Waals surface area contributed by atoms with Crippen molar-refractivity contribution in [1.29, 1.82) is 0 Å². The molecule has 3 aliphatic heterocycles. The molecule has 4 aliphatic rings. The molecule has 3 atom stereocenters. The van der Waals surface area contributed by atoms with Crippen LogP contribution in [-0.4, -0.2) is 35.7 Å². The molecule has 1 unspecified atom stereocenters. The maximum atomic E-state index is 14.0. The van der Waals surface area contributed by atoms with E-state index in [4.69, 9.17) is 0 Å². The summed E-state index contributed by atoms with van der Waals surface area (Å²) in [6.45, 7) is 3.59. The summed E-state index contributed by atoms with van der Waals surface area (Å²) in [7, 11) is 0. The highest BCUT2D eigenvalue weighted by Crippen LogP contribution is 2.47. The molecule has 10 heteroatoms. The van der Waals surface area contributed by atoms with Crippen molar-refractivity contribution < 1.29 is 28.2 Å². The number of likely N-dealkylation sites (tertiary alicyclic amines) is 1. The SMILES string of the molecule is CC1(C)CC[C@@H](c2cc(F)cc(F)c2)N(CC(=O)Nc2ccc3c(c2)C[C@@]2(C3)C(=O)NC3=C2C=CC[NH+]3[O-])C1=O. The maximum absolute atomic E-state index is 14.0. The summed E-state index contributed by atoms with van der Waals surface area (Å²) in [5.41, 5.74) is 1.87. The number of piperidine rings is 1. The van der Waals surface area contributed by atoms with Gasteiger partial charge in [0, 0.05) is 22.7 Å². The molecule has 3 heterocycles. The van der Waals surface area contributed by atoms with Crippen LogP contribution in [-0.2, 0) is 27.2 Å². The summed E-state index contributed by atoms with van der Waals surface area (Å²) in [6, 6.07) is 8.00. The van der Waals surface area contributed by atoms with Crippen molar-refractivity contribution in [3.8, 4) is 0 Å². The molecule has 0 bridgehead atoms.